The van der Waals surface area contributed by atoms with Crippen LogP contribution in [0.15, 0.2) is 43.0 Å². The summed E-state index contributed by atoms with van der Waals surface area (Å²) in [6.07, 6.45) is 2.72. The topological polar surface area (TPSA) is 50.2 Å². The van der Waals surface area contributed by atoms with E-state index in [4.69, 9.17) is 5.11 Å². The second-order valence-electron chi connectivity index (χ2n) is 4.18. The average molecular weight is 253 g/mol. The second kappa shape index (κ2) is 5.48. The summed E-state index contributed by atoms with van der Waals surface area (Å²) in [4.78, 5) is 15.1. The molecule has 0 fully saturated rings. The van der Waals surface area contributed by atoms with Gasteiger partial charge in [-0.3, -0.25) is 0 Å². The fourth-order valence-electron chi connectivity index (χ4n) is 1.98. The monoisotopic (exact) mass is 253 g/mol. The number of rotatable bonds is 4. The summed E-state index contributed by atoms with van der Waals surface area (Å²) >= 11 is 0. The van der Waals surface area contributed by atoms with Crippen molar-refractivity contribution in [2.75, 3.05) is 0 Å². The Bertz CT molecular complexity index is 632. The SMILES string of the molecule is C=Cc1ccc(-c2cccc(C(=O)O)n2)cc1CC. The molecule has 0 bridgehead atoms. The Morgan fingerprint density at radius 1 is 1.37 bits per heavy atom. The minimum atomic E-state index is -1.01. The number of carbonyl (C=O) groups is 1. The summed E-state index contributed by atoms with van der Waals surface area (Å²) in [7, 11) is 0. The Morgan fingerprint density at radius 2 is 2.16 bits per heavy atom. The number of nitrogens with zero attached hydrogens (tertiary/aromatic N) is 1. The zero-order chi connectivity index (χ0) is 13.8. The fraction of sp³-hybridized carbons (Fsp3) is 0.125. The molecule has 1 N–H and O–H groups in total. The quantitative estimate of drug-likeness (QED) is 0.904. The van der Waals surface area contributed by atoms with Crippen LogP contribution in [0.1, 0.15) is 28.5 Å². The summed E-state index contributed by atoms with van der Waals surface area (Å²) in [6.45, 7) is 5.86. The van der Waals surface area contributed by atoms with E-state index in [1.807, 2.05) is 30.3 Å². The van der Waals surface area contributed by atoms with Gasteiger partial charge >= 0.3 is 5.97 Å². The van der Waals surface area contributed by atoms with E-state index in [9.17, 15) is 4.79 Å². The number of benzene rings is 1. The summed E-state index contributed by atoms with van der Waals surface area (Å²) in [6, 6.07) is 11.0. The first-order valence-electron chi connectivity index (χ1n) is 6.11. The van der Waals surface area contributed by atoms with Gasteiger partial charge in [0.1, 0.15) is 5.69 Å². The van der Waals surface area contributed by atoms with Crippen molar-refractivity contribution in [3.8, 4) is 11.3 Å². The highest BCUT2D eigenvalue weighted by atomic mass is 16.4. The molecule has 96 valence electrons. The molecule has 0 spiro atoms. The molecule has 0 saturated heterocycles. The predicted octanol–water partition coefficient (Wildman–Crippen LogP) is 3.65. The van der Waals surface area contributed by atoms with Crippen LogP contribution < -0.4 is 0 Å². The number of hydrogen-bond donors (Lipinski definition) is 1. The van der Waals surface area contributed by atoms with Gasteiger partial charge in [-0.2, -0.15) is 0 Å². The lowest BCUT2D eigenvalue weighted by atomic mass is 10.00. The highest BCUT2D eigenvalue weighted by Gasteiger charge is 2.08. The molecule has 1 aromatic carbocycles. The molecular weight excluding hydrogens is 238 g/mol. The average Bonchev–Trinajstić information content (AvgIpc) is 2.46. The largest absolute Gasteiger partial charge is 0.477 e. The molecule has 19 heavy (non-hydrogen) atoms. The van der Waals surface area contributed by atoms with Crippen molar-refractivity contribution in [2.24, 2.45) is 0 Å². The Labute approximate surface area is 112 Å². The van der Waals surface area contributed by atoms with Gasteiger partial charge in [0.05, 0.1) is 5.69 Å². The summed E-state index contributed by atoms with van der Waals surface area (Å²) in [5, 5.41) is 8.96. The van der Waals surface area contributed by atoms with Gasteiger partial charge in [-0.05, 0) is 35.7 Å². The molecule has 1 aromatic heterocycles. The third-order valence-electron chi connectivity index (χ3n) is 3.01. The molecule has 0 aliphatic rings. The Morgan fingerprint density at radius 3 is 2.79 bits per heavy atom. The molecule has 0 aliphatic heterocycles. The Hall–Kier alpha value is -2.42. The third kappa shape index (κ3) is 2.71. The molecule has 0 saturated carbocycles. The number of aromatic nitrogens is 1. The lowest BCUT2D eigenvalue weighted by Gasteiger charge is -2.07. The van der Waals surface area contributed by atoms with Crippen molar-refractivity contribution in [1.82, 2.24) is 4.98 Å². The van der Waals surface area contributed by atoms with Crippen molar-refractivity contribution in [3.63, 3.8) is 0 Å². The van der Waals surface area contributed by atoms with Gasteiger partial charge in [0, 0.05) is 5.56 Å². The summed E-state index contributed by atoms with van der Waals surface area (Å²) < 4.78 is 0. The molecule has 3 heteroatoms. The Balaban J connectivity index is 2.49. The van der Waals surface area contributed by atoms with Gasteiger partial charge in [0.25, 0.3) is 0 Å². The standard InChI is InChI=1S/C16H15NO2/c1-3-11-8-9-13(10-12(11)4-2)14-6-5-7-15(17-14)16(18)19/h3,5-10H,1,4H2,2H3,(H,18,19). The van der Waals surface area contributed by atoms with Crippen LogP contribution in [0.25, 0.3) is 17.3 Å². The lowest BCUT2D eigenvalue weighted by Crippen LogP contribution is -2.00. The van der Waals surface area contributed by atoms with E-state index in [2.05, 4.69) is 18.5 Å². The molecule has 2 aromatic rings. The molecule has 0 unspecified atom stereocenters. The van der Waals surface area contributed by atoms with Crippen LogP contribution in [-0.2, 0) is 6.42 Å². The first-order chi connectivity index (χ1) is 9.15. The van der Waals surface area contributed by atoms with Gasteiger partial charge in [0.2, 0.25) is 0 Å². The number of carboxylic acid groups (broad SMARTS) is 1. The van der Waals surface area contributed by atoms with Crippen molar-refractivity contribution < 1.29 is 9.90 Å². The van der Waals surface area contributed by atoms with Crippen LogP contribution in [0.5, 0.6) is 0 Å². The molecule has 0 amide bonds. The number of aromatic carboxylic acids is 1. The van der Waals surface area contributed by atoms with Crippen LogP contribution in [0, 0.1) is 0 Å². The van der Waals surface area contributed by atoms with Gasteiger partial charge in [0.15, 0.2) is 0 Å². The zero-order valence-corrected chi connectivity index (χ0v) is 10.8. The zero-order valence-electron chi connectivity index (χ0n) is 10.8. The van der Waals surface area contributed by atoms with Crippen molar-refractivity contribution in [3.05, 3.63) is 59.8 Å². The molecule has 2 rings (SSSR count). The van der Waals surface area contributed by atoms with Crippen LogP contribution in [-0.4, -0.2) is 16.1 Å². The molecular formula is C16H15NO2. The first kappa shape index (κ1) is 13.0. The lowest BCUT2D eigenvalue weighted by molar-refractivity contribution is 0.0690. The predicted molar refractivity (Wildman–Crippen MR) is 76.1 cm³/mol. The van der Waals surface area contributed by atoms with Crippen LogP contribution in [0.2, 0.25) is 0 Å². The van der Waals surface area contributed by atoms with Crippen molar-refractivity contribution in [2.45, 2.75) is 13.3 Å². The van der Waals surface area contributed by atoms with Crippen LogP contribution >= 0.6 is 0 Å². The van der Waals surface area contributed by atoms with Crippen LogP contribution in [0.4, 0.5) is 0 Å². The van der Waals surface area contributed by atoms with Gasteiger partial charge in [-0.25, -0.2) is 9.78 Å². The van der Waals surface area contributed by atoms with Gasteiger partial charge in [-0.15, -0.1) is 0 Å². The number of pyridine rings is 1. The molecule has 3 nitrogen and oxygen atoms in total. The maximum atomic E-state index is 10.9. The molecule has 0 radical (unpaired) electrons. The third-order valence-corrected chi connectivity index (χ3v) is 3.01. The second-order valence-corrected chi connectivity index (χ2v) is 4.18. The van der Waals surface area contributed by atoms with Crippen LogP contribution in [0.3, 0.4) is 0 Å². The van der Waals surface area contributed by atoms with Crippen molar-refractivity contribution >= 4 is 12.0 Å². The number of carboxylic acids is 1. The van der Waals surface area contributed by atoms with E-state index in [0.29, 0.717) is 5.69 Å². The first-order valence-corrected chi connectivity index (χ1v) is 6.11. The molecule has 1 heterocycles. The van der Waals surface area contributed by atoms with Gasteiger partial charge < -0.3 is 5.11 Å². The maximum Gasteiger partial charge on any atom is 0.354 e. The normalized spacial score (nSPS) is 10.2. The van der Waals surface area contributed by atoms with Crippen molar-refractivity contribution in [1.29, 1.82) is 0 Å². The minimum absolute atomic E-state index is 0.0587. The fourth-order valence-corrected chi connectivity index (χ4v) is 1.98. The number of hydrogen-bond acceptors (Lipinski definition) is 2. The maximum absolute atomic E-state index is 10.9. The molecule has 0 aliphatic carbocycles. The van der Waals surface area contributed by atoms with E-state index in [1.54, 1.807) is 6.07 Å². The van der Waals surface area contributed by atoms with E-state index < -0.39 is 5.97 Å². The smallest absolute Gasteiger partial charge is 0.354 e. The highest BCUT2D eigenvalue weighted by molar-refractivity contribution is 5.86. The number of aryl methyl sites for hydroxylation is 1. The van der Waals surface area contributed by atoms with E-state index >= 15 is 0 Å². The van der Waals surface area contributed by atoms with E-state index in [1.165, 1.54) is 11.6 Å². The molecule has 0 atom stereocenters. The van der Waals surface area contributed by atoms with Gasteiger partial charge in [-0.1, -0.05) is 37.8 Å². The van der Waals surface area contributed by atoms with E-state index in [-0.39, 0.29) is 5.69 Å². The minimum Gasteiger partial charge on any atom is -0.477 e. The summed E-state index contributed by atoms with van der Waals surface area (Å²) in [5.41, 5.74) is 3.93. The summed E-state index contributed by atoms with van der Waals surface area (Å²) in [5.74, 6) is -1.01. The Kier molecular flexibility index (Phi) is 3.76. The highest BCUT2D eigenvalue weighted by Crippen LogP contribution is 2.22. The van der Waals surface area contributed by atoms with E-state index in [0.717, 1.165) is 17.5 Å².